The zero-order valence-electron chi connectivity index (χ0n) is 13.7. The van der Waals surface area contributed by atoms with Gasteiger partial charge in [0.25, 0.3) is 0 Å². The molecule has 1 unspecified atom stereocenters. The minimum Gasteiger partial charge on any atom is -0.316 e. The number of rotatable bonds is 8. The van der Waals surface area contributed by atoms with Gasteiger partial charge < -0.3 is 5.32 Å². The van der Waals surface area contributed by atoms with Gasteiger partial charge in [-0.2, -0.15) is 0 Å². The van der Waals surface area contributed by atoms with Crippen molar-refractivity contribution in [2.45, 2.75) is 46.0 Å². The monoisotopic (exact) mass is 295 g/mol. The number of benzene rings is 1. The van der Waals surface area contributed by atoms with Crippen LogP contribution in [-0.4, -0.2) is 21.2 Å². The SMILES string of the molecule is CC(C)CNCC(Cc1ccc(F)cc1)C[Si](C)(C)C. The highest BCUT2D eigenvalue weighted by atomic mass is 28.3. The van der Waals surface area contributed by atoms with E-state index in [4.69, 9.17) is 0 Å². The molecule has 3 heteroatoms. The van der Waals surface area contributed by atoms with Crippen LogP contribution in [0, 0.1) is 17.7 Å². The van der Waals surface area contributed by atoms with Crippen molar-refractivity contribution < 1.29 is 4.39 Å². The molecule has 0 bridgehead atoms. The summed E-state index contributed by atoms with van der Waals surface area (Å²) < 4.78 is 13.0. The van der Waals surface area contributed by atoms with E-state index >= 15 is 0 Å². The smallest absolute Gasteiger partial charge is 0.123 e. The second-order valence-electron chi connectivity index (χ2n) is 7.51. The van der Waals surface area contributed by atoms with Gasteiger partial charge in [-0.1, -0.05) is 51.7 Å². The normalized spacial score (nSPS) is 13.8. The zero-order valence-corrected chi connectivity index (χ0v) is 14.7. The van der Waals surface area contributed by atoms with Gasteiger partial charge in [0.1, 0.15) is 5.82 Å². The first-order valence-corrected chi connectivity index (χ1v) is 11.4. The van der Waals surface area contributed by atoms with Gasteiger partial charge in [-0.15, -0.1) is 0 Å². The molecule has 0 aliphatic rings. The quantitative estimate of drug-likeness (QED) is 0.693. The van der Waals surface area contributed by atoms with E-state index in [0.717, 1.165) is 19.5 Å². The third kappa shape index (κ3) is 7.80. The molecule has 0 aliphatic carbocycles. The Morgan fingerprint density at radius 1 is 1.05 bits per heavy atom. The molecule has 0 fully saturated rings. The molecule has 1 rings (SSSR count). The fourth-order valence-electron chi connectivity index (χ4n) is 2.61. The van der Waals surface area contributed by atoms with Crippen LogP contribution in [-0.2, 0) is 6.42 Å². The van der Waals surface area contributed by atoms with Crippen LogP contribution in [0.1, 0.15) is 19.4 Å². The van der Waals surface area contributed by atoms with E-state index in [1.165, 1.54) is 11.6 Å². The van der Waals surface area contributed by atoms with Crippen LogP contribution in [0.3, 0.4) is 0 Å². The van der Waals surface area contributed by atoms with Crippen molar-refractivity contribution in [3.63, 3.8) is 0 Å². The van der Waals surface area contributed by atoms with Crippen LogP contribution < -0.4 is 5.32 Å². The molecule has 0 spiro atoms. The lowest BCUT2D eigenvalue weighted by molar-refractivity contribution is 0.470. The van der Waals surface area contributed by atoms with Crippen molar-refractivity contribution in [2.24, 2.45) is 11.8 Å². The van der Waals surface area contributed by atoms with E-state index in [2.05, 4.69) is 38.8 Å². The molecule has 0 saturated heterocycles. The van der Waals surface area contributed by atoms with Gasteiger partial charge in [0, 0.05) is 8.07 Å². The lowest BCUT2D eigenvalue weighted by Gasteiger charge is -2.25. The number of halogens is 1. The Morgan fingerprint density at radius 3 is 2.15 bits per heavy atom. The molecule has 0 heterocycles. The van der Waals surface area contributed by atoms with Gasteiger partial charge in [-0.25, -0.2) is 4.39 Å². The number of hydrogen-bond donors (Lipinski definition) is 1. The summed E-state index contributed by atoms with van der Waals surface area (Å²) in [5, 5.41) is 3.59. The second kappa shape index (κ2) is 7.94. The molecule has 0 radical (unpaired) electrons. The number of hydrogen-bond acceptors (Lipinski definition) is 1. The van der Waals surface area contributed by atoms with E-state index in [0.29, 0.717) is 11.8 Å². The highest BCUT2D eigenvalue weighted by Gasteiger charge is 2.20. The van der Waals surface area contributed by atoms with Crippen LogP contribution >= 0.6 is 0 Å². The van der Waals surface area contributed by atoms with Gasteiger partial charge >= 0.3 is 0 Å². The molecule has 0 aromatic heterocycles. The Balaban J connectivity index is 2.59. The summed E-state index contributed by atoms with van der Waals surface area (Å²) >= 11 is 0. The molecule has 1 aromatic rings. The molecule has 1 atom stereocenters. The maximum absolute atomic E-state index is 13.0. The maximum Gasteiger partial charge on any atom is 0.123 e. The maximum atomic E-state index is 13.0. The number of nitrogens with one attached hydrogen (secondary N) is 1. The third-order valence-corrected chi connectivity index (χ3v) is 5.13. The average molecular weight is 296 g/mol. The zero-order chi connectivity index (χ0) is 15.2. The van der Waals surface area contributed by atoms with Gasteiger partial charge in [0.05, 0.1) is 0 Å². The lowest BCUT2D eigenvalue weighted by atomic mass is 10.0. The van der Waals surface area contributed by atoms with E-state index in [-0.39, 0.29) is 5.82 Å². The van der Waals surface area contributed by atoms with Gasteiger partial charge in [-0.3, -0.25) is 0 Å². The second-order valence-corrected chi connectivity index (χ2v) is 13.0. The van der Waals surface area contributed by atoms with Crippen molar-refractivity contribution in [2.75, 3.05) is 13.1 Å². The van der Waals surface area contributed by atoms with Crippen LogP contribution in [0.4, 0.5) is 4.39 Å². The van der Waals surface area contributed by atoms with E-state index in [1.807, 2.05) is 12.1 Å². The first-order valence-electron chi connectivity index (χ1n) is 7.71. The summed E-state index contributed by atoms with van der Waals surface area (Å²) in [6.45, 7) is 13.9. The summed E-state index contributed by atoms with van der Waals surface area (Å²) in [4.78, 5) is 0. The first kappa shape index (κ1) is 17.4. The standard InChI is InChI=1S/C17H30FNSi/c1-14(2)11-19-12-16(13-20(3,4)5)10-15-6-8-17(18)9-7-15/h6-9,14,16,19H,10-13H2,1-5H3. The van der Waals surface area contributed by atoms with Crippen molar-refractivity contribution in [1.29, 1.82) is 0 Å². The van der Waals surface area contributed by atoms with E-state index < -0.39 is 8.07 Å². The Bertz CT molecular complexity index is 381. The largest absolute Gasteiger partial charge is 0.316 e. The van der Waals surface area contributed by atoms with Gasteiger partial charge in [0.2, 0.25) is 0 Å². The summed E-state index contributed by atoms with van der Waals surface area (Å²) in [5.41, 5.74) is 1.25. The Labute approximate surface area is 125 Å². The Hall–Kier alpha value is -0.673. The molecular formula is C17H30FNSi. The minimum absolute atomic E-state index is 0.145. The molecule has 0 saturated carbocycles. The third-order valence-electron chi connectivity index (χ3n) is 3.32. The molecular weight excluding hydrogens is 265 g/mol. The molecule has 0 amide bonds. The van der Waals surface area contributed by atoms with Crippen molar-refractivity contribution >= 4 is 8.07 Å². The molecule has 0 aliphatic heterocycles. The fraction of sp³-hybridized carbons (Fsp3) is 0.647. The Kier molecular flexibility index (Phi) is 6.90. The van der Waals surface area contributed by atoms with Crippen molar-refractivity contribution in [1.82, 2.24) is 5.32 Å². The van der Waals surface area contributed by atoms with Crippen LogP contribution in [0.5, 0.6) is 0 Å². The van der Waals surface area contributed by atoms with Gasteiger partial charge in [-0.05, 0) is 49.0 Å². The first-order chi connectivity index (χ1) is 9.26. The predicted octanol–water partition coefficient (Wildman–Crippen LogP) is 4.57. The van der Waals surface area contributed by atoms with Crippen LogP contribution in [0.25, 0.3) is 0 Å². The van der Waals surface area contributed by atoms with E-state index in [9.17, 15) is 4.39 Å². The molecule has 20 heavy (non-hydrogen) atoms. The highest BCUT2D eigenvalue weighted by Crippen LogP contribution is 2.21. The van der Waals surface area contributed by atoms with Gasteiger partial charge in [0.15, 0.2) is 0 Å². The summed E-state index contributed by atoms with van der Waals surface area (Å²) in [5.74, 6) is 1.20. The summed E-state index contributed by atoms with van der Waals surface area (Å²) in [7, 11) is -1.08. The topological polar surface area (TPSA) is 12.0 Å². The molecule has 1 N–H and O–H groups in total. The average Bonchev–Trinajstić information content (AvgIpc) is 2.29. The van der Waals surface area contributed by atoms with Crippen molar-refractivity contribution in [3.8, 4) is 0 Å². The fourth-order valence-corrected chi connectivity index (χ4v) is 4.63. The molecule has 114 valence electrons. The molecule has 1 nitrogen and oxygen atoms in total. The van der Waals surface area contributed by atoms with Crippen molar-refractivity contribution in [3.05, 3.63) is 35.6 Å². The summed E-state index contributed by atoms with van der Waals surface area (Å²) in [6.07, 6.45) is 1.05. The Morgan fingerprint density at radius 2 is 1.65 bits per heavy atom. The predicted molar refractivity (Wildman–Crippen MR) is 89.5 cm³/mol. The lowest BCUT2D eigenvalue weighted by Crippen LogP contribution is -2.33. The summed E-state index contributed by atoms with van der Waals surface area (Å²) in [6, 6.07) is 8.31. The minimum atomic E-state index is -1.08. The highest BCUT2D eigenvalue weighted by molar-refractivity contribution is 6.76. The van der Waals surface area contributed by atoms with E-state index in [1.54, 1.807) is 12.1 Å². The van der Waals surface area contributed by atoms with Crippen LogP contribution in [0.2, 0.25) is 25.7 Å². The molecule has 1 aromatic carbocycles. The van der Waals surface area contributed by atoms with Crippen LogP contribution in [0.15, 0.2) is 24.3 Å².